The number of benzene rings is 4. The predicted octanol–water partition coefficient (Wildman–Crippen LogP) is 6.69. The van der Waals surface area contributed by atoms with E-state index in [4.69, 9.17) is 21.3 Å². The second-order valence-corrected chi connectivity index (χ2v) is 11.5. The molecule has 41 heavy (non-hydrogen) atoms. The van der Waals surface area contributed by atoms with Gasteiger partial charge in [0.25, 0.3) is 5.56 Å². The first-order valence-corrected chi connectivity index (χ1v) is 14.6. The van der Waals surface area contributed by atoms with Crippen molar-refractivity contribution in [2.75, 3.05) is 0 Å². The first-order valence-electron chi connectivity index (χ1n) is 13.4. The van der Waals surface area contributed by atoms with E-state index >= 15 is 0 Å². The molecule has 2 aliphatic rings. The maximum atomic E-state index is 13.9. The SMILES string of the molecule is O=c1/c(=C\c2ccc(OCc3ccccc3Cl)cc2)sc2n1[C@H](c1ccc(F)cc1)C1=C(N=2)c2ccccc2CC1. The van der Waals surface area contributed by atoms with Crippen molar-refractivity contribution in [1.29, 1.82) is 0 Å². The number of thiazole rings is 1. The Morgan fingerprint density at radius 2 is 1.71 bits per heavy atom. The Labute approximate surface area is 245 Å². The number of rotatable bonds is 5. The molecule has 1 aliphatic heterocycles. The van der Waals surface area contributed by atoms with Crippen LogP contribution in [0.3, 0.4) is 0 Å². The Bertz CT molecular complexity index is 1990. The maximum Gasteiger partial charge on any atom is 0.271 e. The van der Waals surface area contributed by atoms with Gasteiger partial charge in [-0.05, 0) is 71.5 Å². The summed E-state index contributed by atoms with van der Waals surface area (Å²) in [6, 6.07) is 29.7. The lowest BCUT2D eigenvalue weighted by Crippen LogP contribution is -2.38. The highest BCUT2D eigenvalue weighted by Gasteiger charge is 2.32. The summed E-state index contributed by atoms with van der Waals surface area (Å²) in [4.78, 5) is 19.6. The van der Waals surface area contributed by atoms with Gasteiger partial charge in [0.05, 0.1) is 16.3 Å². The Morgan fingerprint density at radius 1 is 0.951 bits per heavy atom. The summed E-state index contributed by atoms with van der Waals surface area (Å²) in [5.74, 6) is 0.412. The van der Waals surface area contributed by atoms with Crippen molar-refractivity contribution in [3.8, 4) is 5.75 Å². The number of hydrogen-bond donors (Lipinski definition) is 0. The molecule has 7 heteroatoms. The number of hydrogen-bond acceptors (Lipinski definition) is 4. The van der Waals surface area contributed by atoms with E-state index in [9.17, 15) is 9.18 Å². The van der Waals surface area contributed by atoms with Crippen molar-refractivity contribution in [3.63, 3.8) is 0 Å². The van der Waals surface area contributed by atoms with Gasteiger partial charge >= 0.3 is 0 Å². The molecular weight excluding hydrogens is 555 g/mol. The second kappa shape index (κ2) is 10.6. The van der Waals surface area contributed by atoms with Gasteiger partial charge in [-0.3, -0.25) is 9.36 Å². The molecule has 0 unspecified atom stereocenters. The van der Waals surface area contributed by atoms with Gasteiger partial charge in [0.1, 0.15) is 18.2 Å². The number of nitrogens with zero attached hydrogens (tertiary/aromatic N) is 2. The second-order valence-electron chi connectivity index (χ2n) is 10.1. The van der Waals surface area contributed by atoms with Crippen molar-refractivity contribution in [2.24, 2.45) is 4.99 Å². The molecule has 1 atom stereocenters. The zero-order valence-electron chi connectivity index (χ0n) is 21.9. The molecular formula is C34H24ClFN2O2S. The molecule has 0 fully saturated rings. The molecule has 0 amide bonds. The lowest BCUT2D eigenvalue weighted by molar-refractivity contribution is 0.306. The van der Waals surface area contributed by atoms with Crippen LogP contribution in [-0.4, -0.2) is 4.57 Å². The summed E-state index contributed by atoms with van der Waals surface area (Å²) in [7, 11) is 0. The molecule has 1 aromatic heterocycles. The monoisotopic (exact) mass is 578 g/mol. The number of ether oxygens (including phenoxy) is 1. The van der Waals surface area contributed by atoms with Gasteiger partial charge in [-0.1, -0.05) is 89.7 Å². The molecule has 0 saturated carbocycles. The van der Waals surface area contributed by atoms with Gasteiger partial charge in [-0.15, -0.1) is 0 Å². The quantitative estimate of drug-likeness (QED) is 0.233. The topological polar surface area (TPSA) is 43.6 Å². The molecule has 2 heterocycles. The van der Waals surface area contributed by atoms with Crippen LogP contribution in [0.1, 0.15) is 40.3 Å². The van der Waals surface area contributed by atoms with Crippen LogP contribution in [0.4, 0.5) is 4.39 Å². The number of fused-ring (bicyclic) bond motifs is 3. The minimum Gasteiger partial charge on any atom is -0.489 e. The van der Waals surface area contributed by atoms with Crippen LogP contribution in [0.5, 0.6) is 5.75 Å². The average molecular weight is 579 g/mol. The fourth-order valence-electron chi connectivity index (χ4n) is 5.56. The summed E-state index contributed by atoms with van der Waals surface area (Å²) in [5, 5.41) is 0.670. The van der Waals surface area contributed by atoms with Crippen molar-refractivity contribution < 1.29 is 9.13 Å². The van der Waals surface area contributed by atoms with Crippen LogP contribution in [0, 0.1) is 5.82 Å². The molecule has 7 rings (SSSR count). The van der Waals surface area contributed by atoms with E-state index < -0.39 is 0 Å². The number of aromatic nitrogens is 1. The van der Waals surface area contributed by atoms with Crippen molar-refractivity contribution >= 4 is 34.7 Å². The van der Waals surface area contributed by atoms with E-state index in [0.29, 0.717) is 26.7 Å². The highest BCUT2D eigenvalue weighted by Crippen LogP contribution is 2.41. The van der Waals surface area contributed by atoms with Crippen LogP contribution in [0.25, 0.3) is 11.8 Å². The Hall–Kier alpha value is -4.26. The van der Waals surface area contributed by atoms with Crippen molar-refractivity contribution in [3.05, 3.63) is 161 Å². The van der Waals surface area contributed by atoms with Gasteiger partial charge in [0.2, 0.25) is 0 Å². The Balaban J connectivity index is 1.27. The standard InChI is InChI=1S/C34H24ClFN2O2S/c35-29-8-4-2-6-24(29)20-40-26-16-9-21(10-17-26)19-30-33(39)38-32(23-11-14-25(36)15-12-23)28-18-13-22-5-1-3-7-27(22)31(28)37-34(38)41-30/h1-12,14-17,19,32H,13,18,20H2/b30-19+/t32-/m1/s1. The summed E-state index contributed by atoms with van der Waals surface area (Å²) in [6.07, 6.45) is 3.55. The fourth-order valence-corrected chi connectivity index (χ4v) is 6.75. The van der Waals surface area contributed by atoms with E-state index in [1.165, 1.54) is 29.0 Å². The third kappa shape index (κ3) is 4.83. The molecule has 4 aromatic carbocycles. The van der Waals surface area contributed by atoms with Crippen LogP contribution in [0.15, 0.2) is 112 Å². The summed E-state index contributed by atoms with van der Waals surface area (Å²) < 4.78 is 22.2. The van der Waals surface area contributed by atoms with Crippen LogP contribution in [0.2, 0.25) is 5.02 Å². The summed E-state index contributed by atoms with van der Waals surface area (Å²) >= 11 is 7.62. The maximum absolute atomic E-state index is 13.9. The van der Waals surface area contributed by atoms with Gasteiger partial charge < -0.3 is 4.74 Å². The van der Waals surface area contributed by atoms with Gasteiger partial charge in [0.15, 0.2) is 4.80 Å². The third-order valence-corrected chi connectivity index (χ3v) is 8.94. The molecule has 0 N–H and O–H groups in total. The van der Waals surface area contributed by atoms with Crippen molar-refractivity contribution in [2.45, 2.75) is 25.5 Å². The minimum atomic E-state index is -0.335. The summed E-state index contributed by atoms with van der Waals surface area (Å²) in [6.45, 7) is 0.370. The first kappa shape index (κ1) is 25.7. The van der Waals surface area contributed by atoms with E-state index in [1.807, 2.05) is 66.7 Å². The van der Waals surface area contributed by atoms with E-state index in [1.54, 1.807) is 16.7 Å². The smallest absolute Gasteiger partial charge is 0.271 e. The van der Waals surface area contributed by atoms with E-state index in [0.717, 1.165) is 46.4 Å². The highest BCUT2D eigenvalue weighted by atomic mass is 35.5. The van der Waals surface area contributed by atoms with Crippen LogP contribution < -0.4 is 19.6 Å². The molecule has 0 saturated heterocycles. The number of allylic oxidation sites excluding steroid dienone is 1. The normalized spacial score (nSPS) is 16.0. The fraction of sp³-hybridized carbons (Fsp3) is 0.118. The van der Waals surface area contributed by atoms with Gasteiger partial charge in [-0.25, -0.2) is 9.38 Å². The Kier molecular flexibility index (Phi) is 6.65. The molecule has 0 radical (unpaired) electrons. The minimum absolute atomic E-state index is 0.104. The molecule has 4 nitrogen and oxygen atoms in total. The van der Waals surface area contributed by atoms with Gasteiger partial charge in [0, 0.05) is 16.1 Å². The lowest BCUT2D eigenvalue weighted by Gasteiger charge is -2.30. The Morgan fingerprint density at radius 3 is 2.51 bits per heavy atom. The molecule has 0 spiro atoms. The third-order valence-electron chi connectivity index (χ3n) is 7.59. The van der Waals surface area contributed by atoms with Crippen LogP contribution in [-0.2, 0) is 13.0 Å². The van der Waals surface area contributed by atoms with E-state index in [2.05, 4.69) is 12.1 Å². The largest absolute Gasteiger partial charge is 0.489 e. The first-order chi connectivity index (χ1) is 20.0. The molecule has 0 bridgehead atoms. The summed E-state index contributed by atoms with van der Waals surface area (Å²) in [5.41, 5.74) is 6.94. The molecule has 202 valence electrons. The molecule has 5 aromatic rings. The van der Waals surface area contributed by atoms with Crippen LogP contribution >= 0.6 is 22.9 Å². The average Bonchev–Trinajstić information content (AvgIpc) is 3.31. The number of halogens is 2. The van der Waals surface area contributed by atoms with Crippen molar-refractivity contribution in [1.82, 2.24) is 4.57 Å². The predicted molar refractivity (Wildman–Crippen MR) is 161 cm³/mol. The zero-order chi connectivity index (χ0) is 27.9. The highest BCUT2D eigenvalue weighted by molar-refractivity contribution is 7.07. The lowest BCUT2D eigenvalue weighted by atomic mass is 9.83. The molecule has 1 aliphatic carbocycles. The van der Waals surface area contributed by atoms with Gasteiger partial charge in [-0.2, -0.15) is 0 Å². The number of aryl methyl sites for hydroxylation is 1. The van der Waals surface area contributed by atoms with E-state index in [-0.39, 0.29) is 17.4 Å². The zero-order valence-corrected chi connectivity index (χ0v) is 23.5.